The molecule has 5 heteroatoms. The van der Waals surface area contributed by atoms with Crippen LogP contribution in [0.1, 0.15) is 35.1 Å². The first-order chi connectivity index (χ1) is 12.0. The monoisotopic (exact) mass is 359 g/mol. The summed E-state index contributed by atoms with van der Waals surface area (Å²) < 4.78 is 33.2. The number of nitrogens with one attached hydrogen (secondary N) is 1. The Bertz CT molecular complexity index is 859. The van der Waals surface area contributed by atoms with Crippen molar-refractivity contribution in [2.45, 2.75) is 44.4 Å². The fourth-order valence-electron chi connectivity index (χ4n) is 3.18. The molecule has 1 N–H and O–H groups in total. The van der Waals surface area contributed by atoms with Crippen LogP contribution < -0.4 is 9.46 Å². The third-order valence-electron chi connectivity index (χ3n) is 4.79. The van der Waals surface area contributed by atoms with Crippen LogP contribution in [0, 0.1) is 13.8 Å². The maximum atomic E-state index is 12.4. The van der Waals surface area contributed by atoms with Gasteiger partial charge in [0.2, 0.25) is 10.0 Å². The van der Waals surface area contributed by atoms with Gasteiger partial charge in [-0.3, -0.25) is 0 Å². The number of benzene rings is 2. The van der Waals surface area contributed by atoms with E-state index in [1.807, 2.05) is 32.0 Å². The van der Waals surface area contributed by atoms with Crippen molar-refractivity contribution in [2.75, 3.05) is 13.2 Å². The van der Waals surface area contributed by atoms with Crippen molar-refractivity contribution in [2.24, 2.45) is 0 Å². The fraction of sp³-hybridized carbons (Fsp3) is 0.400. The Kier molecular flexibility index (Phi) is 5.45. The van der Waals surface area contributed by atoms with Crippen molar-refractivity contribution in [1.29, 1.82) is 0 Å². The Morgan fingerprint density at radius 2 is 1.84 bits per heavy atom. The van der Waals surface area contributed by atoms with Crippen molar-refractivity contribution in [1.82, 2.24) is 4.72 Å². The van der Waals surface area contributed by atoms with Gasteiger partial charge in [-0.05, 0) is 80.0 Å². The molecule has 134 valence electrons. The second-order valence-electron chi connectivity index (χ2n) is 6.59. The van der Waals surface area contributed by atoms with Gasteiger partial charge in [0.1, 0.15) is 12.4 Å². The molecule has 4 nitrogen and oxygen atoms in total. The molecule has 0 unspecified atom stereocenters. The van der Waals surface area contributed by atoms with Gasteiger partial charge in [0, 0.05) is 6.54 Å². The van der Waals surface area contributed by atoms with Gasteiger partial charge in [-0.25, -0.2) is 13.1 Å². The Labute approximate surface area is 150 Å². The number of aryl methyl sites for hydroxylation is 3. The molecule has 2 aromatic rings. The van der Waals surface area contributed by atoms with Crippen molar-refractivity contribution < 1.29 is 13.2 Å². The van der Waals surface area contributed by atoms with E-state index in [1.54, 1.807) is 12.1 Å². The zero-order valence-corrected chi connectivity index (χ0v) is 15.7. The molecule has 0 spiro atoms. The van der Waals surface area contributed by atoms with Crippen LogP contribution in [0.25, 0.3) is 0 Å². The molecule has 2 aromatic carbocycles. The maximum Gasteiger partial charge on any atom is 0.240 e. The van der Waals surface area contributed by atoms with Gasteiger partial charge in [0.15, 0.2) is 0 Å². The quantitative estimate of drug-likeness (QED) is 0.803. The summed E-state index contributed by atoms with van der Waals surface area (Å²) in [5.74, 6) is 0.891. The number of sulfonamides is 1. The summed E-state index contributed by atoms with van der Waals surface area (Å²) in [7, 11) is -3.50. The van der Waals surface area contributed by atoms with Gasteiger partial charge in [0.25, 0.3) is 0 Å². The summed E-state index contributed by atoms with van der Waals surface area (Å²) in [6.07, 6.45) is 4.56. The van der Waals surface area contributed by atoms with Gasteiger partial charge in [-0.1, -0.05) is 18.2 Å². The van der Waals surface area contributed by atoms with E-state index in [0.29, 0.717) is 11.5 Å². The van der Waals surface area contributed by atoms with E-state index >= 15 is 0 Å². The van der Waals surface area contributed by atoms with E-state index in [9.17, 15) is 8.42 Å². The number of fused-ring (bicyclic) bond motifs is 1. The van der Waals surface area contributed by atoms with Crippen molar-refractivity contribution in [3.8, 4) is 5.75 Å². The number of hydrogen-bond acceptors (Lipinski definition) is 3. The second-order valence-corrected chi connectivity index (χ2v) is 8.36. The van der Waals surface area contributed by atoms with Crippen LogP contribution in [0.4, 0.5) is 0 Å². The molecule has 0 saturated carbocycles. The lowest BCUT2D eigenvalue weighted by Gasteiger charge is -2.19. The summed E-state index contributed by atoms with van der Waals surface area (Å²) in [6, 6.07) is 11.3. The highest BCUT2D eigenvalue weighted by molar-refractivity contribution is 7.89. The lowest BCUT2D eigenvalue weighted by Crippen LogP contribution is -2.28. The third-order valence-corrected chi connectivity index (χ3v) is 6.25. The zero-order valence-electron chi connectivity index (χ0n) is 14.8. The summed E-state index contributed by atoms with van der Waals surface area (Å²) in [4.78, 5) is 0.299. The molecule has 0 aliphatic heterocycles. The van der Waals surface area contributed by atoms with E-state index in [1.165, 1.54) is 24.0 Å². The van der Waals surface area contributed by atoms with Crippen LogP contribution in [-0.4, -0.2) is 21.6 Å². The highest BCUT2D eigenvalue weighted by atomic mass is 32.2. The molecular weight excluding hydrogens is 334 g/mol. The van der Waals surface area contributed by atoms with E-state index in [4.69, 9.17) is 4.74 Å². The lowest BCUT2D eigenvalue weighted by molar-refractivity contribution is 0.318. The number of rotatable bonds is 6. The first-order valence-corrected chi connectivity index (χ1v) is 10.3. The zero-order chi connectivity index (χ0) is 17.9. The van der Waals surface area contributed by atoms with Crippen LogP contribution in [-0.2, 0) is 22.9 Å². The molecule has 0 atom stereocenters. The predicted octanol–water partition coefficient (Wildman–Crippen LogP) is 3.54. The first-order valence-electron chi connectivity index (χ1n) is 8.78. The SMILES string of the molecule is Cc1ccc(S(=O)(=O)NCCOc2cccc3c2CCCC3)cc1C. The van der Waals surface area contributed by atoms with Crippen LogP contribution in [0.3, 0.4) is 0 Å². The minimum Gasteiger partial charge on any atom is -0.492 e. The normalized spacial score (nSPS) is 14.2. The van der Waals surface area contributed by atoms with Crippen molar-refractivity contribution in [3.05, 3.63) is 58.7 Å². The minimum atomic E-state index is -3.50. The van der Waals surface area contributed by atoms with Crippen LogP contribution >= 0.6 is 0 Å². The molecule has 0 bridgehead atoms. The topological polar surface area (TPSA) is 55.4 Å². The first kappa shape index (κ1) is 18.0. The molecule has 3 rings (SSSR count). The van der Waals surface area contributed by atoms with E-state index in [-0.39, 0.29) is 6.54 Å². The average molecular weight is 359 g/mol. The molecule has 0 amide bonds. The van der Waals surface area contributed by atoms with Gasteiger partial charge >= 0.3 is 0 Å². The Morgan fingerprint density at radius 3 is 2.64 bits per heavy atom. The van der Waals surface area contributed by atoms with E-state index in [2.05, 4.69) is 10.8 Å². The Morgan fingerprint density at radius 1 is 1.04 bits per heavy atom. The fourth-order valence-corrected chi connectivity index (χ4v) is 4.28. The smallest absolute Gasteiger partial charge is 0.240 e. The second kappa shape index (κ2) is 7.58. The molecular formula is C20H25NO3S. The highest BCUT2D eigenvalue weighted by Gasteiger charge is 2.16. The molecule has 0 aromatic heterocycles. The predicted molar refractivity (Wildman–Crippen MR) is 99.7 cm³/mol. The van der Waals surface area contributed by atoms with Crippen molar-refractivity contribution in [3.63, 3.8) is 0 Å². The van der Waals surface area contributed by atoms with Gasteiger partial charge < -0.3 is 4.74 Å². The number of hydrogen-bond donors (Lipinski definition) is 1. The van der Waals surface area contributed by atoms with Gasteiger partial charge in [-0.2, -0.15) is 0 Å². The largest absolute Gasteiger partial charge is 0.492 e. The van der Waals surface area contributed by atoms with E-state index in [0.717, 1.165) is 29.7 Å². The Hall–Kier alpha value is -1.85. The lowest BCUT2D eigenvalue weighted by atomic mass is 9.91. The van der Waals surface area contributed by atoms with Gasteiger partial charge in [-0.15, -0.1) is 0 Å². The van der Waals surface area contributed by atoms with E-state index < -0.39 is 10.0 Å². The molecule has 1 aliphatic carbocycles. The molecule has 0 heterocycles. The summed E-state index contributed by atoms with van der Waals surface area (Å²) in [5, 5.41) is 0. The number of ether oxygens (including phenoxy) is 1. The van der Waals surface area contributed by atoms with Gasteiger partial charge in [0.05, 0.1) is 4.90 Å². The summed E-state index contributed by atoms with van der Waals surface area (Å²) >= 11 is 0. The molecule has 1 aliphatic rings. The highest BCUT2D eigenvalue weighted by Crippen LogP contribution is 2.29. The summed E-state index contributed by atoms with van der Waals surface area (Å²) in [6.45, 7) is 4.45. The third kappa shape index (κ3) is 4.22. The van der Waals surface area contributed by atoms with Crippen LogP contribution in [0.2, 0.25) is 0 Å². The molecule has 0 radical (unpaired) electrons. The maximum absolute atomic E-state index is 12.4. The Balaban J connectivity index is 1.59. The molecule has 25 heavy (non-hydrogen) atoms. The van der Waals surface area contributed by atoms with Crippen LogP contribution in [0.15, 0.2) is 41.3 Å². The molecule has 0 saturated heterocycles. The average Bonchev–Trinajstić information content (AvgIpc) is 2.61. The minimum absolute atomic E-state index is 0.249. The van der Waals surface area contributed by atoms with Crippen molar-refractivity contribution >= 4 is 10.0 Å². The standard InChI is InChI=1S/C20H25NO3S/c1-15-10-11-18(14-16(15)2)25(22,23)21-12-13-24-20-9-5-7-17-6-3-4-8-19(17)20/h5,7,9-11,14,21H,3-4,6,8,12-13H2,1-2H3. The molecule has 0 fully saturated rings. The van der Waals surface area contributed by atoms with Crippen LogP contribution in [0.5, 0.6) is 5.75 Å². The summed E-state index contributed by atoms with van der Waals surface area (Å²) in [5.41, 5.74) is 4.69.